The van der Waals surface area contributed by atoms with E-state index in [9.17, 15) is 0 Å². The molecule has 0 fully saturated rings. The number of hydrogen-bond acceptors (Lipinski definition) is 2. The smallest absolute Gasteiger partial charge is 0.132 e. The van der Waals surface area contributed by atoms with E-state index in [0.717, 1.165) is 24.1 Å². The van der Waals surface area contributed by atoms with Crippen LogP contribution in [0.25, 0.3) is 0 Å². The molecule has 12 heavy (non-hydrogen) atoms. The summed E-state index contributed by atoms with van der Waals surface area (Å²) >= 11 is 5.91. The van der Waals surface area contributed by atoms with Crippen LogP contribution < -0.4 is 5.73 Å². The molecule has 0 aliphatic heterocycles. The molecule has 2 N–H and O–H groups in total. The lowest BCUT2D eigenvalue weighted by Gasteiger charge is -2.02. The zero-order valence-electron chi connectivity index (χ0n) is 7.18. The third kappa shape index (κ3) is 2.47. The molecule has 0 atom stereocenters. The van der Waals surface area contributed by atoms with E-state index in [0.29, 0.717) is 11.7 Å². The first-order valence-corrected chi connectivity index (χ1v) is 4.44. The van der Waals surface area contributed by atoms with Gasteiger partial charge in [-0.05, 0) is 37.9 Å². The molecule has 0 unspecified atom stereocenters. The minimum atomic E-state index is 0.614. The van der Waals surface area contributed by atoms with E-state index in [-0.39, 0.29) is 0 Å². The molecule has 0 saturated heterocycles. The summed E-state index contributed by atoms with van der Waals surface area (Å²) in [6.45, 7) is 2.63. The molecule has 0 aliphatic rings. The first-order chi connectivity index (χ1) is 5.74. The molecule has 66 valence electrons. The number of rotatable bonds is 3. The van der Waals surface area contributed by atoms with Crippen LogP contribution in [-0.2, 0) is 6.42 Å². The summed E-state index contributed by atoms with van der Waals surface area (Å²) in [6.07, 6.45) is 1.88. The molecule has 1 aromatic heterocycles. The summed E-state index contributed by atoms with van der Waals surface area (Å²) in [5.41, 5.74) is 7.44. The van der Waals surface area contributed by atoms with Crippen LogP contribution in [0, 0.1) is 6.92 Å². The van der Waals surface area contributed by atoms with Crippen molar-refractivity contribution in [3.63, 3.8) is 0 Å². The van der Waals surface area contributed by atoms with Crippen LogP contribution >= 0.6 is 11.6 Å². The first-order valence-electron chi connectivity index (χ1n) is 4.06. The van der Waals surface area contributed by atoms with Crippen LogP contribution in [0.4, 0.5) is 0 Å². The van der Waals surface area contributed by atoms with Crippen LogP contribution in [0.3, 0.4) is 0 Å². The van der Waals surface area contributed by atoms with Gasteiger partial charge in [-0.3, -0.25) is 0 Å². The number of nitrogens with zero attached hydrogens (tertiary/aromatic N) is 1. The summed E-state index contributed by atoms with van der Waals surface area (Å²) in [5.74, 6) is 0. The van der Waals surface area contributed by atoms with Gasteiger partial charge in [0, 0.05) is 5.69 Å². The predicted molar refractivity (Wildman–Crippen MR) is 51.4 cm³/mol. The van der Waals surface area contributed by atoms with E-state index in [1.807, 2.05) is 19.1 Å². The van der Waals surface area contributed by atoms with Crippen molar-refractivity contribution in [2.24, 2.45) is 5.73 Å². The first kappa shape index (κ1) is 9.49. The molecule has 3 heteroatoms. The maximum Gasteiger partial charge on any atom is 0.132 e. The molecule has 0 aromatic carbocycles. The topological polar surface area (TPSA) is 38.9 Å². The minimum Gasteiger partial charge on any atom is -0.330 e. The Labute approximate surface area is 77.8 Å². The zero-order chi connectivity index (χ0) is 8.97. The highest BCUT2D eigenvalue weighted by Crippen LogP contribution is 2.14. The highest BCUT2D eigenvalue weighted by molar-refractivity contribution is 6.30. The van der Waals surface area contributed by atoms with Crippen LogP contribution in [0.5, 0.6) is 0 Å². The average Bonchev–Trinajstić information content (AvgIpc) is 2.03. The van der Waals surface area contributed by atoms with Gasteiger partial charge in [0.15, 0.2) is 0 Å². The summed E-state index contributed by atoms with van der Waals surface area (Å²) in [6, 6.07) is 3.98. The van der Waals surface area contributed by atoms with Gasteiger partial charge in [0.25, 0.3) is 0 Å². The summed E-state index contributed by atoms with van der Waals surface area (Å²) < 4.78 is 0. The van der Waals surface area contributed by atoms with Crippen LogP contribution in [0.2, 0.25) is 5.15 Å². The number of hydrogen-bond donors (Lipinski definition) is 1. The molecule has 0 bridgehead atoms. The molecular weight excluding hydrogens is 172 g/mol. The van der Waals surface area contributed by atoms with E-state index in [1.54, 1.807) is 0 Å². The Hall–Kier alpha value is -0.600. The maximum absolute atomic E-state index is 5.91. The van der Waals surface area contributed by atoms with Crippen LogP contribution in [0.15, 0.2) is 12.1 Å². The second-order valence-electron chi connectivity index (χ2n) is 2.79. The number of aryl methyl sites for hydroxylation is 2. The second-order valence-corrected chi connectivity index (χ2v) is 3.15. The normalized spacial score (nSPS) is 10.2. The van der Waals surface area contributed by atoms with Gasteiger partial charge in [0.2, 0.25) is 0 Å². The highest BCUT2D eigenvalue weighted by atomic mass is 35.5. The van der Waals surface area contributed by atoms with Crippen molar-refractivity contribution in [2.75, 3.05) is 6.54 Å². The number of halogens is 1. The third-order valence-electron chi connectivity index (χ3n) is 1.72. The van der Waals surface area contributed by atoms with Gasteiger partial charge in [0.1, 0.15) is 5.15 Å². The van der Waals surface area contributed by atoms with E-state index in [2.05, 4.69) is 4.98 Å². The van der Waals surface area contributed by atoms with Crippen molar-refractivity contribution < 1.29 is 0 Å². The molecule has 1 heterocycles. The second kappa shape index (κ2) is 4.43. The number of nitrogens with two attached hydrogens (primary N) is 1. The molecule has 0 spiro atoms. The third-order valence-corrected chi connectivity index (χ3v) is 2.04. The average molecular weight is 185 g/mol. The SMILES string of the molecule is Cc1ccc(CCCN)c(Cl)n1. The number of aromatic nitrogens is 1. The fourth-order valence-corrected chi connectivity index (χ4v) is 1.32. The molecule has 0 saturated carbocycles. The lowest BCUT2D eigenvalue weighted by atomic mass is 10.1. The van der Waals surface area contributed by atoms with Gasteiger partial charge >= 0.3 is 0 Å². The minimum absolute atomic E-state index is 0.614. The van der Waals surface area contributed by atoms with E-state index < -0.39 is 0 Å². The fourth-order valence-electron chi connectivity index (χ4n) is 1.03. The summed E-state index contributed by atoms with van der Waals surface area (Å²) in [4.78, 5) is 4.15. The Morgan fingerprint density at radius 2 is 2.25 bits per heavy atom. The van der Waals surface area contributed by atoms with Gasteiger partial charge in [-0.15, -0.1) is 0 Å². The predicted octanol–water partition coefficient (Wildman–Crippen LogP) is 1.93. The van der Waals surface area contributed by atoms with Crippen molar-refractivity contribution >= 4 is 11.6 Å². The molecule has 1 aromatic rings. The van der Waals surface area contributed by atoms with Crippen molar-refractivity contribution in [3.05, 3.63) is 28.5 Å². The molecular formula is C9H13ClN2. The van der Waals surface area contributed by atoms with E-state index >= 15 is 0 Å². The molecule has 0 radical (unpaired) electrons. The van der Waals surface area contributed by atoms with Crippen LogP contribution in [0.1, 0.15) is 17.7 Å². The molecule has 2 nitrogen and oxygen atoms in total. The summed E-state index contributed by atoms with van der Waals surface area (Å²) in [5, 5.41) is 0.614. The lowest BCUT2D eigenvalue weighted by molar-refractivity contribution is 0.828. The molecule has 0 aliphatic carbocycles. The highest BCUT2D eigenvalue weighted by Gasteiger charge is 2.00. The maximum atomic E-state index is 5.91. The van der Waals surface area contributed by atoms with Gasteiger partial charge in [0.05, 0.1) is 0 Å². The van der Waals surface area contributed by atoms with Gasteiger partial charge < -0.3 is 5.73 Å². The Morgan fingerprint density at radius 3 is 2.83 bits per heavy atom. The van der Waals surface area contributed by atoms with Gasteiger partial charge in [-0.1, -0.05) is 17.7 Å². The Balaban J connectivity index is 2.72. The molecule has 0 amide bonds. The quantitative estimate of drug-likeness (QED) is 0.730. The zero-order valence-corrected chi connectivity index (χ0v) is 7.93. The summed E-state index contributed by atoms with van der Waals surface area (Å²) in [7, 11) is 0. The van der Waals surface area contributed by atoms with E-state index in [4.69, 9.17) is 17.3 Å². The fraction of sp³-hybridized carbons (Fsp3) is 0.444. The van der Waals surface area contributed by atoms with Crippen molar-refractivity contribution in [2.45, 2.75) is 19.8 Å². The number of pyridine rings is 1. The molecule has 1 rings (SSSR count). The van der Waals surface area contributed by atoms with Crippen LogP contribution in [-0.4, -0.2) is 11.5 Å². The lowest BCUT2D eigenvalue weighted by Crippen LogP contribution is -2.01. The largest absolute Gasteiger partial charge is 0.330 e. The van der Waals surface area contributed by atoms with E-state index in [1.165, 1.54) is 0 Å². The van der Waals surface area contributed by atoms with Gasteiger partial charge in [-0.2, -0.15) is 0 Å². The van der Waals surface area contributed by atoms with Crippen molar-refractivity contribution in [1.29, 1.82) is 0 Å². The standard InChI is InChI=1S/C9H13ClN2/c1-7-4-5-8(3-2-6-11)9(10)12-7/h4-5H,2-3,6,11H2,1H3. The Morgan fingerprint density at radius 1 is 1.50 bits per heavy atom. The van der Waals surface area contributed by atoms with Crippen molar-refractivity contribution in [3.8, 4) is 0 Å². The Kier molecular flexibility index (Phi) is 3.50. The van der Waals surface area contributed by atoms with Gasteiger partial charge in [-0.25, -0.2) is 4.98 Å². The van der Waals surface area contributed by atoms with Crippen molar-refractivity contribution in [1.82, 2.24) is 4.98 Å². The monoisotopic (exact) mass is 184 g/mol. The Bertz CT molecular complexity index is 261.